The Kier molecular flexibility index (Phi) is 4.51. The molecular weight excluding hydrogens is 240 g/mol. The molecule has 0 fully saturated rings. The molecule has 5 heteroatoms. The summed E-state index contributed by atoms with van der Waals surface area (Å²) in [6.07, 6.45) is -2.23. The zero-order valence-corrected chi connectivity index (χ0v) is 11.1. The molecule has 0 aliphatic heterocycles. The van der Waals surface area contributed by atoms with Gasteiger partial charge in [0.25, 0.3) is 6.43 Å². The lowest BCUT2D eigenvalue weighted by molar-refractivity contribution is 0.149. The lowest BCUT2D eigenvalue weighted by atomic mass is 9.92. The average molecular weight is 259 g/mol. The molecule has 0 saturated carbocycles. The summed E-state index contributed by atoms with van der Waals surface area (Å²) in [5, 5.41) is 0. The van der Waals surface area contributed by atoms with Crippen LogP contribution >= 0.6 is 0 Å². The van der Waals surface area contributed by atoms with Crippen LogP contribution in [-0.2, 0) is 6.42 Å². The van der Waals surface area contributed by atoms with Crippen molar-refractivity contribution in [2.24, 2.45) is 5.73 Å². The molecule has 0 heterocycles. The van der Waals surface area contributed by atoms with E-state index >= 15 is 0 Å². The van der Waals surface area contributed by atoms with Crippen molar-refractivity contribution in [2.75, 3.05) is 14.2 Å². The lowest BCUT2D eigenvalue weighted by Crippen LogP contribution is -2.34. The predicted molar refractivity (Wildman–Crippen MR) is 66.5 cm³/mol. The lowest BCUT2D eigenvalue weighted by Gasteiger charge is -2.22. The molecule has 18 heavy (non-hydrogen) atoms. The molecule has 0 saturated heterocycles. The van der Waals surface area contributed by atoms with Crippen molar-refractivity contribution < 1.29 is 18.3 Å². The molecule has 1 aromatic carbocycles. The first-order valence-corrected chi connectivity index (χ1v) is 5.60. The summed E-state index contributed by atoms with van der Waals surface area (Å²) in [5.74, 6) is 0.729. The Morgan fingerprint density at radius 2 is 1.67 bits per heavy atom. The summed E-state index contributed by atoms with van der Waals surface area (Å²) < 4.78 is 36.2. The topological polar surface area (TPSA) is 44.5 Å². The van der Waals surface area contributed by atoms with Crippen LogP contribution in [0.2, 0.25) is 0 Å². The number of hydrogen-bond acceptors (Lipinski definition) is 3. The molecule has 0 amide bonds. The van der Waals surface area contributed by atoms with Gasteiger partial charge < -0.3 is 15.2 Å². The molecule has 1 aromatic rings. The Morgan fingerprint density at radius 1 is 1.17 bits per heavy atom. The van der Waals surface area contributed by atoms with Crippen molar-refractivity contribution >= 4 is 0 Å². The third kappa shape index (κ3) is 3.57. The van der Waals surface area contributed by atoms with Gasteiger partial charge >= 0.3 is 0 Å². The van der Waals surface area contributed by atoms with Crippen LogP contribution in [0.15, 0.2) is 12.1 Å². The fourth-order valence-corrected chi connectivity index (χ4v) is 1.78. The normalized spacial score (nSPS) is 11.8. The molecule has 0 aliphatic carbocycles. The third-order valence-corrected chi connectivity index (χ3v) is 2.53. The fourth-order valence-electron chi connectivity index (χ4n) is 1.78. The van der Waals surface area contributed by atoms with Crippen molar-refractivity contribution in [3.05, 3.63) is 23.3 Å². The molecule has 0 spiro atoms. The second-order valence-corrected chi connectivity index (χ2v) is 4.87. The van der Waals surface area contributed by atoms with Crippen molar-refractivity contribution in [1.82, 2.24) is 0 Å². The number of nitrogens with two attached hydrogens (primary N) is 1. The summed E-state index contributed by atoms with van der Waals surface area (Å²) in [6.45, 7) is 3.58. The Morgan fingerprint density at radius 3 is 2.06 bits per heavy atom. The van der Waals surface area contributed by atoms with Crippen LogP contribution in [0.5, 0.6) is 11.5 Å². The molecule has 0 radical (unpaired) electrons. The van der Waals surface area contributed by atoms with Gasteiger partial charge in [-0.15, -0.1) is 0 Å². The number of methoxy groups -OCH3 is 2. The van der Waals surface area contributed by atoms with E-state index in [1.165, 1.54) is 20.3 Å². The van der Waals surface area contributed by atoms with Crippen LogP contribution < -0.4 is 15.2 Å². The first-order valence-electron chi connectivity index (χ1n) is 5.60. The Bertz CT molecular complexity index is 414. The zero-order valence-electron chi connectivity index (χ0n) is 11.1. The minimum Gasteiger partial charge on any atom is -0.493 e. The van der Waals surface area contributed by atoms with E-state index < -0.39 is 12.0 Å². The number of benzene rings is 1. The Hall–Kier alpha value is -1.36. The highest BCUT2D eigenvalue weighted by Crippen LogP contribution is 2.36. The van der Waals surface area contributed by atoms with Gasteiger partial charge in [0.1, 0.15) is 0 Å². The van der Waals surface area contributed by atoms with Crippen LogP contribution in [0.4, 0.5) is 8.78 Å². The number of ether oxygens (including phenoxy) is 2. The van der Waals surface area contributed by atoms with Gasteiger partial charge in [0.2, 0.25) is 0 Å². The molecule has 3 nitrogen and oxygen atoms in total. The van der Waals surface area contributed by atoms with Crippen LogP contribution in [0.25, 0.3) is 0 Å². The maximum absolute atomic E-state index is 13.0. The van der Waals surface area contributed by atoms with E-state index in [0.29, 0.717) is 23.5 Å². The minimum absolute atomic E-state index is 0.0637. The fraction of sp³-hybridized carbons (Fsp3) is 0.538. The summed E-state index contributed by atoms with van der Waals surface area (Å²) >= 11 is 0. The van der Waals surface area contributed by atoms with Gasteiger partial charge in [-0.25, -0.2) is 8.78 Å². The molecule has 0 atom stereocenters. The van der Waals surface area contributed by atoms with Gasteiger partial charge in [-0.2, -0.15) is 0 Å². The SMILES string of the molecule is COc1cc(CC(C)(C)N)c(C(F)F)cc1OC. The largest absolute Gasteiger partial charge is 0.493 e. The van der Waals surface area contributed by atoms with Gasteiger partial charge in [-0.1, -0.05) is 0 Å². The van der Waals surface area contributed by atoms with Crippen molar-refractivity contribution in [3.8, 4) is 11.5 Å². The van der Waals surface area contributed by atoms with E-state index in [4.69, 9.17) is 15.2 Å². The van der Waals surface area contributed by atoms with Gasteiger partial charge in [0.05, 0.1) is 14.2 Å². The summed E-state index contributed by atoms with van der Waals surface area (Å²) in [5.41, 5.74) is 5.73. The van der Waals surface area contributed by atoms with E-state index in [-0.39, 0.29) is 5.56 Å². The van der Waals surface area contributed by atoms with E-state index in [0.717, 1.165) is 0 Å². The zero-order chi connectivity index (χ0) is 13.9. The maximum atomic E-state index is 13.0. The number of rotatable bonds is 5. The van der Waals surface area contributed by atoms with E-state index in [1.807, 2.05) is 0 Å². The summed E-state index contributed by atoms with van der Waals surface area (Å²) in [4.78, 5) is 0. The molecule has 1 rings (SSSR count). The van der Waals surface area contributed by atoms with Gasteiger partial charge in [0.15, 0.2) is 11.5 Å². The highest BCUT2D eigenvalue weighted by molar-refractivity contribution is 5.48. The Balaban J connectivity index is 3.29. The molecule has 0 bridgehead atoms. The van der Waals surface area contributed by atoms with Gasteiger partial charge in [-0.3, -0.25) is 0 Å². The van der Waals surface area contributed by atoms with Crippen LogP contribution in [0, 0.1) is 0 Å². The molecular formula is C13H19F2NO2. The maximum Gasteiger partial charge on any atom is 0.264 e. The Labute approximate surface area is 106 Å². The van der Waals surface area contributed by atoms with E-state index in [1.54, 1.807) is 19.9 Å². The number of halogens is 2. The van der Waals surface area contributed by atoms with Gasteiger partial charge in [-0.05, 0) is 38.0 Å². The minimum atomic E-state index is -2.57. The molecule has 0 unspecified atom stereocenters. The number of hydrogen-bond donors (Lipinski definition) is 1. The van der Waals surface area contributed by atoms with Crippen LogP contribution in [0.3, 0.4) is 0 Å². The van der Waals surface area contributed by atoms with Crippen LogP contribution in [-0.4, -0.2) is 19.8 Å². The van der Waals surface area contributed by atoms with Crippen molar-refractivity contribution in [3.63, 3.8) is 0 Å². The molecule has 0 aromatic heterocycles. The average Bonchev–Trinajstić information content (AvgIpc) is 2.25. The third-order valence-electron chi connectivity index (χ3n) is 2.53. The van der Waals surface area contributed by atoms with Gasteiger partial charge in [0, 0.05) is 11.1 Å². The monoisotopic (exact) mass is 259 g/mol. The second-order valence-electron chi connectivity index (χ2n) is 4.87. The smallest absolute Gasteiger partial charge is 0.264 e. The highest BCUT2D eigenvalue weighted by Gasteiger charge is 2.22. The van der Waals surface area contributed by atoms with E-state index in [9.17, 15) is 8.78 Å². The van der Waals surface area contributed by atoms with Crippen molar-refractivity contribution in [1.29, 1.82) is 0 Å². The quantitative estimate of drug-likeness (QED) is 0.884. The van der Waals surface area contributed by atoms with Crippen molar-refractivity contribution in [2.45, 2.75) is 32.2 Å². The van der Waals surface area contributed by atoms with E-state index in [2.05, 4.69) is 0 Å². The number of alkyl halides is 2. The first kappa shape index (κ1) is 14.7. The summed E-state index contributed by atoms with van der Waals surface area (Å²) in [6, 6.07) is 2.87. The standard InChI is InChI=1S/C13H19F2NO2/c1-13(2,16)7-8-5-10(17-3)11(18-4)6-9(8)12(14)15/h5-6,12H,7,16H2,1-4H3. The predicted octanol–water partition coefficient (Wildman–Crippen LogP) is 2.92. The molecule has 0 aliphatic rings. The van der Waals surface area contributed by atoms with Crippen LogP contribution in [0.1, 0.15) is 31.4 Å². The first-order chi connectivity index (χ1) is 8.28. The molecule has 2 N–H and O–H groups in total. The highest BCUT2D eigenvalue weighted by atomic mass is 19.3. The molecule has 102 valence electrons. The second kappa shape index (κ2) is 5.52. The summed E-state index contributed by atoms with van der Waals surface area (Å²) in [7, 11) is 2.89.